The lowest BCUT2D eigenvalue weighted by Crippen LogP contribution is -2.46. The Kier molecular flexibility index (Phi) is 7.41. The molecule has 0 aliphatic heterocycles. The predicted octanol–water partition coefficient (Wildman–Crippen LogP) is 2.60. The molecule has 0 aliphatic carbocycles. The first-order chi connectivity index (χ1) is 12.9. The molecule has 1 atom stereocenters. The Hall–Kier alpha value is -2.35. The number of aliphatic imine (C=N–C) groups is 1. The van der Waals surface area contributed by atoms with Crippen molar-refractivity contribution >= 4 is 15.8 Å². The lowest BCUT2D eigenvalue weighted by atomic mass is 10.3. The van der Waals surface area contributed by atoms with Crippen LogP contribution in [-0.4, -0.2) is 37.7 Å². The zero-order valence-electron chi connectivity index (χ0n) is 16.3. The molecule has 0 fully saturated rings. The fourth-order valence-corrected chi connectivity index (χ4v) is 4.13. The van der Waals surface area contributed by atoms with Gasteiger partial charge in [0.2, 0.25) is 5.89 Å². The van der Waals surface area contributed by atoms with Crippen molar-refractivity contribution < 1.29 is 12.8 Å². The number of nitrogens with zero attached hydrogens (tertiary/aromatic N) is 2. The predicted molar refractivity (Wildman–Crippen MR) is 107 cm³/mol. The summed E-state index contributed by atoms with van der Waals surface area (Å²) in [5, 5.41) is 6.35. The number of aryl methyl sites for hydroxylation is 2. The average Bonchev–Trinajstić information content (AvgIpc) is 2.97. The summed E-state index contributed by atoms with van der Waals surface area (Å²) in [5.41, 5.74) is 0.846. The first-order valence-corrected chi connectivity index (χ1v) is 10.8. The third-order valence-electron chi connectivity index (χ3n) is 4.15. The van der Waals surface area contributed by atoms with Crippen LogP contribution in [0.25, 0.3) is 0 Å². The topological polar surface area (TPSA) is 96.6 Å². The highest BCUT2D eigenvalue weighted by atomic mass is 32.2. The van der Waals surface area contributed by atoms with Crippen LogP contribution in [-0.2, 0) is 16.4 Å². The molecule has 0 bridgehead atoms. The second-order valence-electron chi connectivity index (χ2n) is 6.29. The maximum atomic E-state index is 12.6. The molecular weight excluding hydrogens is 364 g/mol. The van der Waals surface area contributed by atoms with Crippen molar-refractivity contribution in [1.29, 1.82) is 0 Å². The molecule has 0 saturated carbocycles. The van der Waals surface area contributed by atoms with E-state index in [1.807, 2.05) is 27.7 Å². The Bertz CT molecular complexity index is 841. The molecule has 1 heterocycles. The third-order valence-corrected chi connectivity index (χ3v) is 5.98. The monoisotopic (exact) mass is 392 g/mol. The number of guanidine groups is 1. The van der Waals surface area contributed by atoms with Crippen molar-refractivity contribution in [2.75, 3.05) is 12.3 Å². The normalized spacial score (nSPS) is 13.4. The zero-order valence-corrected chi connectivity index (χ0v) is 17.1. The van der Waals surface area contributed by atoms with Gasteiger partial charge in [-0.2, -0.15) is 0 Å². The van der Waals surface area contributed by atoms with Crippen LogP contribution in [0.4, 0.5) is 0 Å². The molecule has 27 heavy (non-hydrogen) atoms. The van der Waals surface area contributed by atoms with Gasteiger partial charge in [-0.1, -0.05) is 25.1 Å². The van der Waals surface area contributed by atoms with E-state index in [0.29, 0.717) is 29.7 Å². The van der Waals surface area contributed by atoms with Gasteiger partial charge in [-0.05, 0) is 39.3 Å². The summed E-state index contributed by atoms with van der Waals surface area (Å²) in [4.78, 5) is 9.12. The minimum atomic E-state index is -3.38. The summed E-state index contributed by atoms with van der Waals surface area (Å²) >= 11 is 0. The van der Waals surface area contributed by atoms with Crippen LogP contribution in [0, 0.1) is 13.8 Å². The van der Waals surface area contributed by atoms with Crippen LogP contribution in [0.1, 0.15) is 37.6 Å². The van der Waals surface area contributed by atoms with E-state index >= 15 is 0 Å². The lowest BCUT2D eigenvalue weighted by molar-refractivity contribution is 0.472. The molecule has 1 aromatic carbocycles. The van der Waals surface area contributed by atoms with E-state index in [1.165, 1.54) is 0 Å². The van der Waals surface area contributed by atoms with Crippen LogP contribution in [0.2, 0.25) is 0 Å². The molecule has 0 saturated heterocycles. The van der Waals surface area contributed by atoms with E-state index in [4.69, 9.17) is 4.42 Å². The van der Waals surface area contributed by atoms with Gasteiger partial charge in [0.15, 0.2) is 15.8 Å². The van der Waals surface area contributed by atoms with Gasteiger partial charge in [-0.25, -0.2) is 18.4 Å². The lowest BCUT2D eigenvalue weighted by Gasteiger charge is -2.20. The van der Waals surface area contributed by atoms with E-state index in [2.05, 4.69) is 20.6 Å². The number of sulfone groups is 1. The number of nitrogens with one attached hydrogen (secondary N) is 2. The molecule has 1 unspecified atom stereocenters. The Labute approximate surface area is 161 Å². The van der Waals surface area contributed by atoms with Crippen molar-refractivity contribution in [3.63, 3.8) is 0 Å². The van der Waals surface area contributed by atoms with Crippen molar-refractivity contribution in [3.05, 3.63) is 47.7 Å². The average molecular weight is 393 g/mol. The van der Waals surface area contributed by atoms with Gasteiger partial charge in [-0.3, -0.25) is 0 Å². The molecule has 7 nitrogen and oxygen atoms in total. The molecule has 2 N–H and O–H groups in total. The smallest absolute Gasteiger partial charge is 0.216 e. The van der Waals surface area contributed by atoms with Gasteiger partial charge in [0.1, 0.15) is 12.3 Å². The minimum Gasteiger partial charge on any atom is -0.444 e. The van der Waals surface area contributed by atoms with Crippen LogP contribution in [0.3, 0.4) is 0 Å². The first-order valence-electron chi connectivity index (χ1n) is 9.11. The van der Waals surface area contributed by atoms with Gasteiger partial charge in [-0.15, -0.1) is 0 Å². The number of rotatable bonds is 8. The van der Waals surface area contributed by atoms with E-state index in [9.17, 15) is 8.42 Å². The summed E-state index contributed by atoms with van der Waals surface area (Å²) in [6.07, 6.45) is 0.647. The van der Waals surface area contributed by atoms with Crippen LogP contribution >= 0.6 is 0 Å². The highest BCUT2D eigenvalue weighted by Crippen LogP contribution is 2.13. The van der Waals surface area contributed by atoms with Crippen molar-refractivity contribution in [2.24, 2.45) is 4.99 Å². The van der Waals surface area contributed by atoms with E-state index in [-0.39, 0.29) is 18.3 Å². The molecule has 2 rings (SSSR count). The summed E-state index contributed by atoms with van der Waals surface area (Å²) in [6, 6.07) is 8.24. The molecule has 0 spiro atoms. The second kappa shape index (κ2) is 9.55. The van der Waals surface area contributed by atoms with Crippen molar-refractivity contribution in [3.8, 4) is 0 Å². The van der Waals surface area contributed by atoms with Crippen LogP contribution in [0.15, 0.2) is 44.6 Å². The number of hydrogen-bond acceptors (Lipinski definition) is 5. The molecule has 1 aromatic heterocycles. The van der Waals surface area contributed by atoms with Crippen LogP contribution in [0.5, 0.6) is 0 Å². The Morgan fingerprint density at radius 3 is 2.48 bits per heavy atom. The van der Waals surface area contributed by atoms with Gasteiger partial charge in [0, 0.05) is 12.6 Å². The van der Waals surface area contributed by atoms with Crippen molar-refractivity contribution in [1.82, 2.24) is 15.6 Å². The highest BCUT2D eigenvalue weighted by Gasteiger charge is 2.21. The SMILES string of the molecule is CCNC(=NCc1nc(C)c(C)o1)NC(CC)CS(=O)(=O)c1ccccc1. The number of benzene rings is 1. The molecule has 8 heteroatoms. The maximum absolute atomic E-state index is 12.6. The summed E-state index contributed by atoms with van der Waals surface area (Å²) < 4.78 is 30.8. The Balaban J connectivity index is 2.09. The maximum Gasteiger partial charge on any atom is 0.216 e. The fourth-order valence-electron chi connectivity index (χ4n) is 2.52. The second-order valence-corrected chi connectivity index (χ2v) is 8.32. The summed E-state index contributed by atoms with van der Waals surface area (Å²) in [6.45, 7) is 8.60. The third kappa shape index (κ3) is 6.09. The Morgan fingerprint density at radius 2 is 1.93 bits per heavy atom. The van der Waals surface area contributed by atoms with Gasteiger partial charge < -0.3 is 15.1 Å². The molecule has 0 aliphatic rings. The zero-order chi connectivity index (χ0) is 19.9. The highest BCUT2D eigenvalue weighted by molar-refractivity contribution is 7.91. The van der Waals surface area contributed by atoms with Crippen LogP contribution < -0.4 is 10.6 Å². The summed E-state index contributed by atoms with van der Waals surface area (Å²) in [5.74, 6) is 1.85. The van der Waals surface area contributed by atoms with Gasteiger partial charge in [0.05, 0.1) is 16.3 Å². The molecule has 2 aromatic rings. The molecule has 0 radical (unpaired) electrons. The molecular formula is C19H28N4O3S. The van der Waals surface area contributed by atoms with Gasteiger partial charge in [0.25, 0.3) is 0 Å². The number of aromatic nitrogens is 1. The van der Waals surface area contributed by atoms with E-state index in [0.717, 1.165) is 11.5 Å². The number of hydrogen-bond donors (Lipinski definition) is 2. The van der Waals surface area contributed by atoms with Gasteiger partial charge >= 0.3 is 0 Å². The number of oxazole rings is 1. The summed E-state index contributed by atoms with van der Waals surface area (Å²) in [7, 11) is -3.38. The van der Waals surface area contributed by atoms with Crippen molar-refractivity contribution in [2.45, 2.75) is 51.6 Å². The fraction of sp³-hybridized carbons (Fsp3) is 0.474. The quantitative estimate of drug-likeness (QED) is 0.529. The molecule has 0 amide bonds. The standard InChI is InChI=1S/C19H28N4O3S/c1-5-16(13-27(24,25)17-10-8-7-9-11-17)23-19(20-6-2)21-12-18-22-14(3)15(4)26-18/h7-11,16H,5-6,12-13H2,1-4H3,(H2,20,21,23). The first kappa shape index (κ1) is 21.0. The molecule has 148 valence electrons. The minimum absolute atomic E-state index is 0.00482. The van der Waals surface area contributed by atoms with E-state index in [1.54, 1.807) is 30.3 Å². The van der Waals surface area contributed by atoms with E-state index < -0.39 is 9.84 Å². The largest absolute Gasteiger partial charge is 0.444 e. The Morgan fingerprint density at radius 1 is 1.22 bits per heavy atom.